The monoisotopic (exact) mass is 250 g/mol. The van der Waals surface area contributed by atoms with Crippen LogP contribution in [-0.2, 0) is 11.2 Å². The van der Waals surface area contributed by atoms with Gasteiger partial charge in [-0.05, 0) is 25.3 Å². The molecule has 0 saturated heterocycles. The average Bonchev–Trinajstić information content (AvgIpc) is 2.37. The molecule has 0 radical (unpaired) electrons. The molecule has 0 aliphatic heterocycles. The van der Waals surface area contributed by atoms with Gasteiger partial charge in [-0.1, -0.05) is 30.3 Å². The van der Waals surface area contributed by atoms with Crippen molar-refractivity contribution in [2.75, 3.05) is 6.61 Å². The van der Waals surface area contributed by atoms with E-state index < -0.39 is 0 Å². The molecule has 0 fully saturated rings. The number of nitrogens with one attached hydrogen (secondary N) is 1. The van der Waals surface area contributed by atoms with E-state index in [0.29, 0.717) is 19.3 Å². The number of hydrogen-bond acceptors (Lipinski definition) is 3. The first-order valence-electron chi connectivity index (χ1n) is 6.31. The number of rotatable bonds is 7. The Kier molecular flexibility index (Phi) is 6.39. The molecule has 4 N–H and O–H groups in total. The third-order valence-electron chi connectivity index (χ3n) is 2.74. The van der Waals surface area contributed by atoms with Gasteiger partial charge in [0.25, 0.3) is 0 Å². The van der Waals surface area contributed by atoms with Crippen LogP contribution in [0.3, 0.4) is 0 Å². The van der Waals surface area contributed by atoms with Gasteiger partial charge in [0, 0.05) is 12.5 Å². The van der Waals surface area contributed by atoms with Gasteiger partial charge >= 0.3 is 0 Å². The maximum Gasteiger partial charge on any atom is 0.220 e. The third-order valence-corrected chi connectivity index (χ3v) is 2.74. The lowest BCUT2D eigenvalue weighted by Crippen LogP contribution is -2.39. The minimum atomic E-state index is -0.229. The van der Waals surface area contributed by atoms with E-state index >= 15 is 0 Å². The van der Waals surface area contributed by atoms with Crippen molar-refractivity contribution < 1.29 is 9.90 Å². The second kappa shape index (κ2) is 7.84. The Labute approximate surface area is 108 Å². The summed E-state index contributed by atoms with van der Waals surface area (Å²) in [6.07, 6.45) is 1.71. The summed E-state index contributed by atoms with van der Waals surface area (Å²) >= 11 is 0. The smallest absolute Gasteiger partial charge is 0.220 e. The highest BCUT2D eigenvalue weighted by Crippen LogP contribution is 2.03. The first-order valence-corrected chi connectivity index (χ1v) is 6.31. The van der Waals surface area contributed by atoms with Gasteiger partial charge in [-0.3, -0.25) is 4.79 Å². The molecule has 2 atom stereocenters. The number of nitrogens with two attached hydrogens (primary N) is 1. The predicted octanol–water partition coefficient (Wildman–Crippen LogP) is 0.834. The van der Waals surface area contributed by atoms with Crippen molar-refractivity contribution in [2.45, 2.75) is 38.3 Å². The van der Waals surface area contributed by atoms with Crippen LogP contribution in [0, 0.1) is 0 Å². The van der Waals surface area contributed by atoms with Crippen LogP contribution in [-0.4, -0.2) is 29.7 Å². The van der Waals surface area contributed by atoms with Gasteiger partial charge < -0.3 is 16.2 Å². The summed E-state index contributed by atoms with van der Waals surface area (Å²) in [4.78, 5) is 11.6. The molecule has 0 saturated carbocycles. The Hall–Kier alpha value is -1.39. The van der Waals surface area contributed by atoms with Crippen LogP contribution < -0.4 is 11.1 Å². The molecule has 0 aromatic heterocycles. The van der Waals surface area contributed by atoms with E-state index in [1.54, 1.807) is 0 Å². The van der Waals surface area contributed by atoms with Gasteiger partial charge in [0.2, 0.25) is 5.91 Å². The van der Waals surface area contributed by atoms with Crippen LogP contribution in [0.2, 0.25) is 0 Å². The van der Waals surface area contributed by atoms with Crippen LogP contribution in [0.1, 0.15) is 25.3 Å². The molecule has 4 nitrogen and oxygen atoms in total. The van der Waals surface area contributed by atoms with Crippen LogP contribution in [0.4, 0.5) is 0 Å². The van der Waals surface area contributed by atoms with Crippen LogP contribution in [0.5, 0.6) is 0 Å². The molecule has 0 spiro atoms. The number of amides is 1. The van der Waals surface area contributed by atoms with Gasteiger partial charge in [-0.2, -0.15) is 0 Å². The highest BCUT2D eigenvalue weighted by Gasteiger charge is 2.12. The summed E-state index contributed by atoms with van der Waals surface area (Å²) in [5.41, 5.74) is 6.70. The Morgan fingerprint density at radius 2 is 2.06 bits per heavy atom. The van der Waals surface area contributed by atoms with Crippen molar-refractivity contribution in [3.05, 3.63) is 35.9 Å². The van der Waals surface area contributed by atoms with Gasteiger partial charge in [-0.15, -0.1) is 0 Å². The highest BCUT2D eigenvalue weighted by molar-refractivity contribution is 5.76. The maximum atomic E-state index is 11.6. The SMILES string of the molecule is CC(N)CCC(=O)N[C@@H](CO)Cc1ccccc1. The lowest BCUT2D eigenvalue weighted by Gasteiger charge is -2.16. The Morgan fingerprint density at radius 1 is 1.39 bits per heavy atom. The second-order valence-corrected chi connectivity index (χ2v) is 4.65. The zero-order chi connectivity index (χ0) is 13.4. The zero-order valence-corrected chi connectivity index (χ0v) is 10.8. The highest BCUT2D eigenvalue weighted by atomic mass is 16.3. The molecule has 0 heterocycles. The first-order chi connectivity index (χ1) is 8.61. The Balaban J connectivity index is 2.40. The number of carbonyl (C=O) groups is 1. The number of carbonyl (C=O) groups excluding carboxylic acids is 1. The molecule has 0 bridgehead atoms. The number of hydrogen-bond donors (Lipinski definition) is 3. The summed E-state index contributed by atoms with van der Waals surface area (Å²) in [5.74, 6) is -0.0534. The molecule has 4 heteroatoms. The zero-order valence-electron chi connectivity index (χ0n) is 10.8. The molecule has 100 valence electrons. The summed E-state index contributed by atoms with van der Waals surface area (Å²) in [5, 5.41) is 12.1. The van der Waals surface area contributed by atoms with E-state index in [0.717, 1.165) is 5.56 Å². The van der Waals surface area contributed by atoms with E-state index in [4.69, 9.17) is 5.73 Å². The van der Waals surface area contributed by atoms with E-state index in [2.05, 4.69) is 5.32 Å². The van der Waals surface area contributed by atoms with Crippen LogP contribution in [0.15, 0.2) is 30.3 Å². The Bertz CT molecular complexity index is 352. The van der Waals surface area contributed by atoms with Gasteiger partial charge in [0.1, 0.15) is 0 Å². The topological polar surface area (TPSA) is 75.4 Å². The fraction of sp³-hybridized carbons (Fsp3) is 0.500. The molecule has 18 heavy (non-hydrogen) atoms. The van der Waals surface area contributed by atoms with Crippen molar-refractivity contribution in [3.63, 3.8) is 0 Å². The van der Waals surface area contributed by atoms with Gasteiger partial charge in [-0.25, -0.2) is 0 Å². The number of aliphatic hydroxyl groups excluding tert-OH is 1. The van der Waals surface area contributed by atoms with Crippen molar-refractivity contribution in [2.24, 2.45) is 5.73 Å². The summed E-state index contributed by atoms with van der Waals surface area (Å²) in [6, 6.07) is 9.60. The van der Waals surface area contributed by atoms with Crippen molar-refractivity contribution in [3.8, 4) is 0 Å². The third kappa shape index (κ3) is 5.80. The quantitative estimate of drug-likeness (QED) is 0.671. The van der Waals surface area contributed by atoms with Crippen LogP contribution in [0.25, 0.3) is 0 Å². The van der Waals surface area contributed by atoms with Crippen molar-refractivity contribution in [1.82, 2.24) is 5.32 Å². The summed E-state index contributed by atoms with van der Waals surface area (Å²) in [7, 11) is 0. The number of benzene rings is 1. The maximum absolute atomic E-state index is 11.6. The minimum absolute atomic E-state index is 0.0254. The van der Waals surface area contributed by atoms with Crippen molar-refractivity contribution >= 4 is 5.91 Å². The summed E-state index contributed by atoms with van der Waals surface area (Å²) < 4.78 is 0. The van der Waals surface area contributed by atoms with Crippen molar-refractivity contribution in [1.29, 1.82) is 0 Å². The first kappa shape index (κ1) is 14.7. The average molecular weight is 250 g/mol. The Morgan fingerprint density at radius 3 is 2.61 bits per heavy atom. The van der Waals surface area contributed by atoms with E-state index in [-0.39, 0.29) is 24.6 Å². The molecular weight excluding hydrogens is 228 g/mol. The molecule has 1 rings (SSSR count). The van der Waals surface area contributed by atoms with E-state index in [1.807, 2.05) is 37.3 Å². The molecule has 1 aromatic rings. The molecule has 0 aliphatic rings. The lowest BCUT2D eigenvalue weighted by molar-refractivity contribution is -0.122. The minimum Gasteiger partial charge on any atom is -0.394 e. The number of aliphatic hydroxyl groups is 1. The summed E-state index contributed by atoms with van der Waals surface area (Å²) in [6.45, 7) is 1.82. The second-order valence-electron chi connectivity index (χ2n) is 4.65. The van der Waals surface area contributed by atoms with E-state index in [1.165, 1.54) is 0 Å². The fourth-order valence-electron chi connectivity index (χ4n) is 1.72. The van der Waals surface area contributed by atoms with Gasteiger partial charge in [0.05, 0.1) is 12.6 Å². The molecule has 1 amide bonds. The normalized spacial score (nSPS) is 13.9. The molecule has 1 aromatic carbocycles. The molecule has 0 aliphatic carbocycles. The predicted molar refractivity (Wildman–Crippen MR) is 72.0 cm³/mol. The largest absolute Gasteiger partial charge is 0.394 e. The molecule has 1 unspecified atom stereocenters. The fourth-order valence-corrected chi connectivity index (χ4v) is 1.72. The molecular formula is C14H22N2O2. The van der Waals surface area contributed by atoms with Gasteiger partial charge in [0.15, 0.2) is 0 Å². The standard InChI is InChI=1S/C14H22N2O2/c1-11(15)7-8-14(18)16-13(10-17)9-12-5-3-2-4-6-12/h2-6,11,13,17H,7-10,15H2,1H3,(H,16,18)/t11?,13-/m1/s1. The lowest BCUT2D eigenvalue weighted by atomic mass is 10.1. The van der Waals surface area contributed by atoms with E-state index in [9.17, 15) is 9.90 Å². The van der Waals surface area contributed by atoms with Crippen LogP contribution >= 0.6 is 0 Å².